The molecule has 0 radical (unpaired) electrons. The number of nitrogens with zero attached hydrogens (tertiary/aromatic N) is 1. The van der Waals surface area contributed by atoms with Crippen LogP contribution in [-0.4, -0.2) is 46.9 Å². The summed E-state index contributed by atoms with van der Waals surface area (Å²) in [6, 6.07) is 8.29. The minimum atomic E-state index is -0.552. The Morgan fingerprint density at radius 3 is 2.80 bits per heavy atom. The number of β-amino-alcohol motifs (C(OH)–C–C–N with tert-alkyl or cyclic N) is 1. The highest BCUT2D eigenvalue weighted by Crippen LogP contribution is 2.35. The second-order valence-corrected chi connectivity index (χ2v) is 7.99. The third-order valence-electron chi connectivity index (χ3n) is 5.98. The Morgan fingerprint density at radius 1 is 1.20 bits per heavy atom. The molecule has 4 rings (SSSR count). The first-order chi connectivity index (χ1) is 12.2. The van der Waals surface area contributed by atoms with Gasteiger partial charge in [0.05, 0.1) is 16.6 Å². The van der Waals surface area contributed by atoms with Crippen LogP contribution in [0.25, 0.3) is 11.0 Å². The van der Waals surface area contributed by atoms with Crippen LogP contribution in [0.2, 0.25) is 0 Å². The number of hydrogen-bond donors (Lipinski definition) is 4. The molecule has 0 spiro atoms. The summed E-state index contributed by atoms with van der Waals surface area (Å²) in [5.74, 6) is 2.45. The maximum atomic E-state index is 10.5. The minimum Gasteiger partial charge on any atom is -0.387 e. The van der Waals surface area contributed by atoms with Crippen LogP contribution in [0.1, 0.15) is 50.3 Å². The first-order valence-corrected chi connectivity index (χ1v) is 9.80. The summed E-state index contributed by atoms with van der Waals surface area (Å²) >= 11 is 0. The highest BCUT2D eigenvalue weighted by Gasteiger charge is 2.29. The van der Waals surface area contributed by atoms with E-state index in [0.717, 1.165) is 55.3 Å². The lowest BCUT2D eigenvalue weighted by Gasteiger charge is -2.34. The maximum absolute atomic E-state index is 10.5. The zero-order chi connectivity index (χ0) is 17.1. The van der Waals surface area contributed by atoms with E-state index in [0.29, 0.717) is 12.5 Å². The lowest BCUT2D eigenvalue weighted by Crippen LogP contribution is -2.52. The summed E-state index contributed by atoms with van der Waals surface area (Å²) in [5.41, 5.74) is 1.68. The zero-order valence-corrected chi connectivity index (χ0v) is 14.9. The topological polar surface area (TPSA) is 73.0 Å². The predicted molar refractivity (Wildman–Crippen MR) is 101 cm³/mol. The first kappa shape index (κ1) is 17.0. The molecule has 1 aromatic heterocycles. The SMILES string of the molecule is OC1(CNCC2CCC(c3nc4ccccc4[nH]3)CC2)CCCNC1. The van der Waals surface area contributed by atoms with Gasteiger partial charge < -0.3 is 20.7 Å². The lowest BCUT2D eigenvalue weighted by atomic mass is 9.81. The molecule has 1 saturated heterocycles. The number of aliphatic hydroxyl groups is 1. The summed E-state index contributed by atoms with van der Waals surface area (Å²) in [6.07, 6.45) is 6.87. The number of hydrogen-bond acceptors (Lipinski definition) is 4. The molecule has 1 saturated carbocycles. The molecule has 4 N–H and O–H groups in total. The molecule has 0 bridgehead atoms. The van der Waals surface area contributed by atoms with Gasteiger partial charge in [0.25, 0.3) is 0 Å². The van der Waals surface area contributed by atoms with Crippen molar-refractivity contribution in [1.29, 1.82) is 0 Å². The van der Waals surface area contributed by atoms with Crippen LogP contribution in [0.4, 0.5) is 0 Å². The van der Waals surface area contributed by atoms with Crippen molar-refractivity contribution < 1.29 is 5.11 Å². The zero-order valence-electron chi connectivity index (χ0n) is 14.9. The fraction of sp³-hybridized carbons (Fsp3) is 0.650. The van der Waals surface area contributed by atoms with Gasteiger partial charge in [-0.3, -0.25) is 0 Å². The van der Waals surface area contributed by atoms with Crippen molar-refractivity contribution >= 4 is 11.0 Å². The van der Waals surface area contributed by atoms with Crippen LogP contribution in [0.5, 0.6) is 0 Å². The molecule has 25 heavy (non-hydrogen) atoms. The Bertz CT molecular complexity index is 651. The molecule has 2 fully saturated rings. The van der Waals surface area contributed by atoms with Crippen LogP contribution in [-0.2, 0) is 0 Å². The van der Waals surface area contributed by atoms with Crippen molar-refractivity contribution in [3.05, 3.63) is 30.1 Å². The van der Waals surface area contributed by atoms with E-state index in [1.807, 2.05) is 6.07 Å². The van der Waals surface area contributed by atoms with Gasteiger partial charge in [0, 0.05) is 19.0 Å². The maximum Gasteiger partial charge on any atom is 0.110 e. The third-order valence-corrected chi connectivity index (χ3v) is 5.98. The van der Waals surface area contributed by atoms with Crippen molar-refractivity contribution in [3.8, 4) is 0 Å². The number of nitrogens with one attached hydrogen (secondary N) is 3. The van der Waals surface area contributed by atoms with Crippen LogP contribution in [0.3, 0.4) is 0 Å². The molecular formula is C20H30N4O. The number of H-pyrrole nitrogens is 1. The van der Waals surface area contributed by atoms with Gasteiger partial charge in [-0.2, -0.15) is 0 Å². The van der Waals surface area contributed by atoms with Gasteiger partial charge in [-0.15, -0.1) is 0 Å². The van der Waals surface area contributed by atoms with Gasteiger partial charge >= 0.3 is 0 Å². The highest BCUT2D eigenvalue weighted by atomic mass is 16.3. The van der Waals surface area contributed by atoms with E-state index >= 15 is 0 Å². The molecule has 2 aliphatic rings. The van der Waals surface area contributed by atoms with E-state index in [2.05, 4.69) is 33.8 Å². The van der Waals surface area contributed by atoms with Gasteiger partial charge in [-0.25, -0.2) is 4.98 Å². The fourth-order valence-corrected chi connectivity index (χ4v) is 4.42. The predicted octanol–water partition coefficient (Wildman–Crippen LogP) is 2.54. The second-order valence-electron chi connectivity index (χ2n) is 7.99. The minimum absolute atomic E-state index is 0.552. The molecule has 1 unspecified atom stereocenters. The molecule has 2 aromatic rings. The van der Waals surface area contributed by atoms with Gasteiger partial charge in [0.1, 0.15) is 5.82 Å². The van der Waals surface area contributed by atoms with Gasteiger partial charge in [0.15, 0.2) is 0 Å². The van der Waals surface area contributed by atoms with Crippen molar-refractivity contribution in [2.45, 2.75) is 50.0 Å². The molecular weight excluding hydrogens is 312 g/mol. The first-order valence-electron chi connectivity index (χ1n) is 9.80. The van der Waals surface area contributed by atoms with E-state index in [1.54, 1.807) is 0 Å². The van der Waals surface area contributed by atoms with E-state index in [9.17, 15) is 5.11 Å². The second kappa shape index (κ2) is 7.44. The molecule has 136 valence electrons. The van der Waals surface area contributed by atoms with Crippen LogP contribution < -0.4 is 10.6 Å². The summed E-state index contributed by atoms with van der Waals surface area (Å²) in [5, 5.41) is 17.3. The number of rotatable bonds is 5. The number of imidazole rings is 1. The highest BCUT2D eigenvalue weighted by molar-refractivity contribution is 5.74. The number of para-hydroxylation sites is 2. The fourth-order valence-electron chi connectivity index (χ4n) is 4.42. The van der Waals surface area contributed by atoms with E-state index in [-0.39, 0.29) is 0 Å². The van der Waals surface area contributed by atoms with Gasteiger partial charge in [-0.05, 0) is 69.7 Å². The molecule has 5 nitrogen and oxygen atoms in total. The number of piperidine rings is 1. The standard InChI is InChI=1S/C20H30N4O/c25-20(10-3-11-21-13-20)14-22-12-15-6-8-16(9-7-15)19-23-17-4-1-2-5-18(17)24-19/h1-2,4-5,15-16,21-22,25H,3,6-14H2,(H,23,24). The molecule has 5 heteroatoms. The van der Waals surface area contributed by atoms with E-state index in [1.165, 1.54) is 25.7 Å². The average molecular weight is 342 g/mol. The van der Waals surface area contributed by atoms with Crippen molar-refractivity contribution in [2.75, 3.05) is 26.2 Å². The smallest absolute Gasteiger partial charge is 0.110 e. The van der Waals surface area contributed by atoms with Crippen molar-refractivity contribution in [3.63, 3.8) is 0 Å². The Balaban J connectivity index is 1.24. The number of aromatic nitrogens is 2. The quantitative estimate of drug-likeness (QED) is 0.674. The van der Waals surface area contributed by atoms with E-state index in [4.69, 9.17) is 4.98 Å². The number of benzene rings is 1. The van der Waals surface area contributed by atoms with Crippen LogP contribution in [0, 0.1) is 5.92 Å². The van der Waals surface area contributed by atoms with Crippen molar-refractivity contribution in [1.82, 2.24) is 20.6 Å². The Morgan fingerprint density at radius 2 is 2.04 bits per heavy atom. The molecule has 1 aliphatic carbocycles. The molecule has 1 atom stereocenters. The van der Waals surface area contributed by atoms with Gasteiger partial charge in [-0.1, -0.05) is 12.1 Å². The van der Waals surface area contributed by atoms with Crippen molar-refractivity contribution in [2.24, 2.45) is 5.92 Å². The largest absolute Gasteiger partial charge is 0.387 e. The Hall–Kier alpha value is -1.43. The average Bonchev–Trinajstić information content (AvgIpc) is 3.07. The normalized spacial score (nSPS) is 30.6. The molecule has 2 heterocycles. The monoisotopic (exact) mass is 342 g/mol. The lowest BCUT2D eigenvalue weighted by molar-refractivity contribution is 0.0161. The van der Waals surface area contributed by atoms with Crippen LogP contribution in [0.15, 0.2) is 24.3 Å². The summed E-state index contributed by atoms with van der Waals surface area (Å²) in [7, 11) is 0. The third kappa shape index (κ3) is 4.05. The summed E-state index contributed by atoms with van der Waals surface area (Å²) in [4.78, 5) is 8.29. The molecule has 0 amide bonds. The van der Waals surface area contributed by atoms with E-state index < -0.39 is 5.60 Å². The Kier molecular flexibility index (Phi) is 5.06. The number of fused-ring (bicyclic) bond motifs is 1. The summed E-state index contributed by atoms with van der Waals surface area (Å²) in [6.45, 7) is 3.49. The number of aromatic amines is 1. The van der Waals surface area contributed by atoms with Crippen LogP contribution >= 0.6 is 0 Å². The molecule has 1 aromatic carbocycles. The molecule has 1 aliphatic heterocycles. The Labute approximate surface area is 149 Å². The summed E-state index contributed by atoms with van der Waals surface area (Å²) < 4.78 is 0. The van der Waals surface area contributed by atoms with Gasteiger partial charge in [0.2, 0.25) is 0 Å².